The summed E-state index contributed by atoms with van der Waals surface area (Å²) in [4.78, 5) is 11.2. The van der Waals surface area contributed by atoms with Gasteiger partial charge < -0.3 is 5.32 Å². The van der Waals surface area contributed by atoms with Crippen molar-refractivity contribution in [3.05, 3.63) is 29.8 Å². The molecule has 0 spiro atoms. The predicted octanol–water partition coefficient (Wildman–Crippen LogP) is 1.20. The summed E-state index contributed by atoms with van der Waals surface area (Å²) in [7, 11) is 1.63. The van der Waals surface area contributed by atoms with E-state index in [0.717, 1.165) is 11.3 Å². The Kier molecular flexibility index (Phi) is 4.51. The van der Waals surface area contributed by atoms with Gasteiger partial charge in [-0.1, -0.05) is 30.0 Å². The Hall–Kier alpha value is -1.89. The zero-order valence-corrected chi connectivity index (χ0v) is 11.6. The molecule has 0 fully saturated rings. The van der Waals surface area contributed by atoms with Crippen molar-refractivity contribution in [2.24, 2.45) is 0 Å². The first-order valence-electron chi connectivity index (χ1n) is 5.90. The number of benzene rings is 1. The summed E-state index contributed by atoms with van der Waals surface area (Å²) in [5.41, 5.74) is 2.05. The minimum atomic E-state index is 0.0161. The lowest BCUT2D eigenvalue weighted by molar-refractivity contribution is -0.120. The molecular formula is C12H15N5OS. The van der Waals surface area contributed by atoms with Gasteiger partial charge in [0.25, 0.3) is 0 Å². The van der Waals surface area contributed by atoms with E-state index in [0.29, 0.717) is 17.3 Å². The van der Waals surface area contributed by atoms with Gasteiger partial charge in [0.2, 0.25) is 11.1 Å². The standard InChI is InChI=1S/C12H15N5OS/c1-9-5-3-4-6-10(9)17-12(14-15-16-17)19-8-7-11(18)13-2/h3-6H,7-8H2,1-2H3,(H,13,18). The number of carbonyl (C=O) groups is 1. The van der Waals surface area contributed by atoms with Gasteiger partial charge in [0.05, 0.1) is 5.69 Å². The fraction of sp³-hybridized carbons (Fsp3) is 0.333. The van der Waals surface area contributed by atoms with E-state index in [1.165, 1.54) is 11.8 Å². The Bertz CT molecular complexity index is 569. The summed E-state index contributed by atoms with van der Waals surface area (Å²) < 4.78 is 1.70. The van der Waals surface area contributed by atoms with Crippen LogP contribution in [0.3, 0.4) is 0 Å². The van der Waals surface area contributed by atoms with E-state index >= 15 is 0 Å². The molecule has 1 aromatic carbocycles. The van der Waals surface area contributed by atoms with Crippen LogP contribution in [0.2, 0.25) is 0 Å². The van der Waals surface area contributed by atoms with Gasteiger partial charge >= 0.3 is 0 Å². The second-order valence-electron chi connectivity index (χ2n) is 3.93. The zero-order chi connectivity index (χ0) is 13.7. The van der Waals surface area contributed by atoms with Gasteiger partial charge in [0, 0.05) is 19.2 Å². The molecule has 1 heterocycles. The summed E-state index contributed by atoms with van der Waals surface area (Å²) in [5, 5.41) is 15.0. The smallest absolute Gasteiger partial charge is 0.220 e. The zero-order valence-electron chi connectivity index (χ0n) is 10.8. The Labute approximate surface area is 115 Å². The minimum Gasteiger partial charge on any atom is -0.359 e. The average molecular weight is 277 g/mol. The number of aryl methyl sites for hydroxylation is 1. The lowest BCUT2D eigenvalue weighted by Gasteiger charge is -2.06. The highest BCUT2D eigenvalue weighted by atomic mass is 32.2. The summed E-state index contributed by atoms with van der Waals surface area (Å²) in [5.74, 6) is 0.661. The molecule has 19 heavy (non-hydrogen) atoms. The molecule has 100 valence electrons. The number of rotatable bonds is 5. The second-order valence-corrected chi connectivity index (χ2v) is 4.99. The molecule has 0 saturated heterocycles. The van der Waals surface area contributed by atoms with Crippen molar-refractivity contribution in [2.45, 2.75) is 18.5 Å². The molecule has 0 atom stereocenters. The summed E-state index contributed by atoms with van der Waals surface area (Å²) in [6.07, 6.45) is 0.446. The molecule has 0 aliphatic carbocycles. The van der Waals surface area contributed by atoms with Crippen molar-refractivity contribution in [3.63, 3.8) is 0 Å². The molecule has 1 N–H and O–H groups in total. The van der Waals surface area contributed by atoms with Crippen molar-refractivity contribution in [3.8, 4) is 5.69 Å². The first-order chi connectivity index (χ1) is 9.22. The van der Waals surface area contributed by atoms with Crippen LogP contribution < -0.4 is 5.32 Å². The third-order valence-electron chi connectivity index (χ3n) is 2.62. The number of aromatic nitrogens is 4. The summed E-state index contributed by atoms with van der Waals surface area (Å²) in [6, 6.07) is 7.90. The third-order valence-corrected chi connectivity index (χ3v) is 3.54. The Morgan fingerprint density at radius 1 is 1.42 bits per heavy atom. The van der Waals surface area contributed by atoms with Gasteiger partial charge in [-0.2, -0.15) is 4.68 Å². The third kappa shape index (κ3) is 3.31. The van der Waals surface area contributed by atoms with Crippen LogP contribution in [0, 0.1) is 6.92 Å². The molecule has 0 aliphatic heterocycles. The average Bonchev–Trinajstić information content (AvgIpc) is 2.87. The number of thioether (sulfide) groups is 1. The number of carbonyl (C=O) groups excluding carboxylic acids is 1. The highest BCUT2D eigenvalue weighted by Crippen LogP contribution is 2.20. The summed E-state index contributed by atoms with van der Waals surface area (Å²) >= 11 is 1.47. The van der Waals surface area contributed by atoms with Gasteiger partial charge in [-0.05, 0) is 29.0 Å². The molecule has 0 radical (unpaired) electrons. The van der Waals surface area contributed by atoms with E-state index in [-0.39, 0.29) is 5.91 Å². The number of nitrogens with zero attached hydrogens (tertiary/aromatic N) is 4. The van der Waals surface area contributed by atoms with Crippen molar-refractivity contribution in [1.82, 2.24) is 25.5 Å². The fourth-order valence-corrected chi connectivity index (χ4v) is 2.40. The van der Waals surface area contributed by atoms with Crippen LogP contribution >= 0.6 is 11.8 Å². The Morgan fingerprint density at radius 3 is 2.95 bits per heavy atom. The largest absolute Gasteiger partial charge is 0.359 e. The number of hydrogen-bond acceptors (Lipinski definition) is 5. The number of amides is 1. The lowest BCUT2D eigenvalue weighted by Crippen LogP contribution is -2.18. The second kappa shape index (κ2) is 6.33. The summed E-state index contributed by atoms with van der Waals surface area (Å²) in [6.45, 7) is 2.01. The molecule has 6 nitrogen and oxygen atoms in total. The maximum Gasteiger partial charge on any atom is 0.220 e. The van der Waals surface area contributed by atoms with Crippen molar-refractivity contribution in [2.75, 3.05) is 12.8 Å². The van der Waals surface area contributed by atoms with Crippen molar-refractivity contribution in [1.29, 1.82) is 0 Å². The van der Waals surface area contributed by atoms with Gasteiger partial charge in [-0.3, -0.25) is 4.79 Å². The van der Waals surface area contributed by atoms with Crippen LogP contribution in [0.5, 0.6) is 0 Å². The van der Waals surface area contributed by atoms with Gasteiger partial charge in [-0.15, -0.1) is 5.10 Å². The Morgan fingerprint density at radius 2 is 2.21 bits per heavy atom. The van der Waals surface area contributed by atoms with Crippen molar-refractivity contribution >= 4 is 17.7 Å². The highest BCUT2D eigenvalue weighted by Gasteiger charge is 2.11. The van der Waals surface area contributed by atoms with Crippen LogP contribution in [0.25, 0.3) is 5.69 Å². The molecule has 2 rings (SSSR count). The first kappa shape index (κ1) is 13.5. The van der Waals surface area contributed by atoms with Crippen LogP contribution in [0.4, 0.5) is 0 Å². The van der Waals surface area contributed by atoms with E-state index in [2.05, 4.69) is 20.8 Å². The molecule has 0 saturated carbocycles. The van der Waals surface area contributed by atoms with E-state index in [1.54, 1.807) is 11.7 Å². The lowest BCUT2D eigenvalue weighted by atomic mass is 10.2. The first-order valence-corrected chi connectivity index (χ1v) is 6.88. The molecule has 0 aliphatic rings. The molecule has 1 amide bonds. The maximum absolute atomic E-state index is 11.2. The normalized spacial score (nSPS) is 10.4. The van der Waals surface area contributed by atoms with Gasteiger partial charge in [-0.25, -0.2) is 0 Å². The van der Waals surface area contributed by atoms with E-state index < -0.39 is 0 Å². The molecule has 7 heteroatoms. The van der Waals surface area contributed by atoms with Crippen LogP contribution in [0.15, 0.2) is 29.4 Å². The Balaban J connectivity index is 2.10. The predicted molar refractivity (Wildman–Crippen MR) is 73.3 cm³/mol. The van der Waals surface area contributed by atoms with Crippen LogP contribution in [0.1, 0.15) is 12.0 Å². The number of nitrogens with one attached hydrogen (secondary N) is 1. The van der Waals surface area contributed by atoms with E-state index in [1.807, 2.05) is 31.2 Å². The van der Waals surface area contributed by atoms with Crippen LogP contribution in [-0.2, 0) is 4.79 Å². The fourth-order valence-electron chi connectivity index (χ4n) is 1.58. The molecule has 1 aromatic heterocycles. The number of hydrogen-bond donors (Lipinski definition) is 1. The number of tetrazole rings is 1. The molecule has 0 unspecified atom stereocenters. The maximum atomic E-state index is 11.2. The van der Waals surface area contributed by atoms with Gasteiger partial charge in [0.15, 0.2) is 0 Å². The van der Waals surface area contributed by atoms with Gasteiger partial charge in [0.1, 0.15) is 0 Å². The number of para-hydroxylation sites is 1. The van der Waals surface area contributed by atoms with Crippen LogP contribution in [-0.4, -0.2) is 38.9 Å². The van der Waals surface area contributed by atoms with Crippen molar-refractivity contribution < 1.29 is 4.79 Å². The van der Waals surface area contributed by atoms with E-state index in [4.69, 9.17) is 0 Å². The minimum absolute atomic E-state index is 0.0161. The quantitative estimate of drug-likeness (QED) is 0.831. The molecular weight excluding hydrogens is 262 g/mol. The SMILES string of the molecule is CNC(=O)CCSc1nnnn1-c1ccccc1C. The van der Waals surface area contributed by atoms with E-state index in [9.17, 15) is 4.79 Å². The highest BCUT2D eigenvalue weighted by molar-refractivity contribution is 7.99. The molecule has 2 aromatic rings. The monoisotopic (exact) mass is 277 g/mol. The topological polar surface area (TPSA) is 72.7 Å². The molecule has 0 bridgehead atoms.